The van der Waals surface area contributed by atoms with Crippen molar-refractivity contribution in [2.45, 2.75) is 25.0 Å². The predicted molar refractivity (Wildman–Crippen MR) is 73.6 cm³/mol. The normalized spacial score (nSPS) is 24.4. The van der Waals surface area contributed by atoms with Crippen LogP contribution < -0.4 is 0 Å². The van der Waals surface area contributed by atoms with Crippen molar-refractivity contribution in [2.75, 3.05) is 13.1 Å². The fourth-order valence-electron chi connectivity index (χ4n) is 2.34. The van der Waals surface area contributed by atoms with Crippen molar-refractivity contribution < 1.29 is 15.0 Å². The molecule has 1 unspecified atom stereocenters. The van der Waals surface area contributed by atoms with E-state index < -0.39 is 11.6 Å². The molecule has 104 valence electrons. The number of piperidine rings is 1. The lowest BCUT2D eigenvalue weighted by atomic mass is 9.93. The maximum Gasteiger partial charge on any atom is 0.337 e. The lowest BCUT2D eigenvalue weighted by molar-refractivity contribution is -0.164. The van der Waals surface area contributed by atoms with Gasteiger partial charge in [0.05, 0.1) is 0 Å². The van der Waals surface area contributed by atoms with Crippen LogP contribution >= 0.6 is 23.2 Å². The van der Waals surface area contributed by atoms with E-state index in [2.05, 4.69) is 0 Å². The van der Waals surface area contributed by atoms with Crippen molar-refractivity contribution in [3.05, 3.63) is 33.8 Å². The summed E-state index contributed by atoms with van der Waals surface area (Å²) in [7, 11) is 0. The van der Waals surface area contributed by atoms with Gasteiger partial charge in [0.1, 0.15) is 0 Å². The summed E-state index contributed by atoms with van der Waals surface area (Å²) >= 11 is 12.2. The van der Waals surface area contributed by atoms with Crippen molar-refractivity contribution in [3.8, 4) is 0 Å². The van der Waals surface area contributed by atoms with E-state index in [-0.39, 0.29) is 13.0 Å². The minimum Gasteiger partial charge on any atom is -0.479 e. The highest BCUT2D eigenvalue weighted by atomic mass is 35.5. The van der Waals surface area contributed by atoms with E-state index >= 15 is 0 Å². The van der Waals surface area contributed by atoms with Gasteiger partial charge in [0.2, 0.25) is 0 Å². The van der Waals surface area contributed by atoms with Gasteiger partial charge in [-0.15, -0.1) is 0 Å². The summed E-state index contributed by atoms with van der Waals surface area (Å²) < 4.78 is 0. The van der Waals surface area contributed by atoms with Crippen LogP contribution in [0.1, 0.15) is 18.4 Å². The monoisotopic (exact) mass is 303 g/mol. The van der Waals surface area contributed by atoms with Crippen molar-refractivity contribution in [3.63, 3.8) is 0 Å². The van der Waals surface area contributed by atoms with E-state index in [1.54, 1.807) is 18.2 Å². The second-order valence-electron chi connectivity index (χ2n) is 4.85. The lowest BCUT2D eigenvalue weighted by Crippen LogP contribution is -2.52. The van der Waals surface area contributed by atoms with Gasteiger partial charge in [-0.2, -0.15) is 0 Å². The molecule has 1 aliphatic rings. The Bertz CT molecular complexity index is 475. The van der Waals surface area contributed by atoms with Gasteiger partial charge in [-0.3, -0.25) is 4.90 Å². The van der Waals surface area contributed by atoms with E-state index in [4.69, 9.17) is 28.3 Å². The van der Waals surface area contributed by atoms with Crippen LogP contribution in [0, 0.1) is 0 Å². The highest BCUT2D eigenvalue weighted by molar-refractivity contribution is 6.35. The van der Waals surface area contributed by atoms with Gasteiger partial charge in [-0.05, 0) is 31.5 Å². The molecule has 6 heteroatoms. The third-order valence-electron chi connectivity index (χ3n) is 3.39. The second kappa shape index (κ2) is 5.67. The predicted octanol–water partition coefficient (Wildman–Crippen LogP) is 2.40. The Morgan fingerprint density at radius 3 is 2.58 bits per heavy atom. The van der Waals surface area contributed by atoms with Crippen LogP contribution in [0.2, 0.25) is 10.0 Å². The van der Waals surface area contributed by atoms with Gasteiger partial charge >= 0.3 is 5.97 Å². The smallest absolute Gasteiger partial charge is 0.337 e. The van der Waals surface area contributed by atoms with Crippen LogP contribution in [-0.4, -0.2) is 39.8 Å². The highest BCUT2D eigenvalue weighted by Gasteiger charge is 2.40. The number of likely N-dealkylation sites (tertiary alicyclic amines) is 1. The number of halogens is 2. The molecule has 0 spiro atoms. The molecule has 0 amide bonds. The molecule has 0 aromatic heterocycles. The molecule has 1 saturated heterocycles. The minimum absolute atomic E-state index is 0.0872. The number of rotatable bonds is 3. The Morgan fingerprint density at radius 1 is 1.37 bits per heavy atom. The Balaban J connectivity index is 2.13. The summed E-state index contributed by atoms with van der Waals surface area (Å²) in [6, 6.07) is 5.25. The van der Waals surface area contributed by atoms with E-state index in [9.17, 15) is 9.90 Å². The van der Waals surface area contributed by atoms with E-state index in [1.807, 2.05) is 4.90 Å². The molecular weight excluding hydrogens is 289 g/mol. The molecule has 1 heterocycles. The number of benzene rings is 1. The summed E-state index contributed by atoms with van der Waals surface area (Å²) in [6.07, 6.45) is 0.903. The highest BCUT2D eigenvalue weighted by Crippen LogP contribution is 2.28. The maximum absolute atomic E-state index is 11.1. The average molecular weight is 304 g/mol. The zero-order valence-corrected chi connectivity index (χ0v) is 11.8. The van der Waals surface area contributed by atoms with Gasteiger partial charge in [0.25, 0.3) is 0 Å². The number of nitrogens with zero attached hydrogens (tertiary/aromatic N) is 1. The Hall–Kier alpha value is -0.810. The van der Waals surface area contributed by atoms with Crippen molar-refractivity contribution in [1.29, 1.82) is 0 Å². The second-order valence-corrected chi connectivity index (χ2v) is 5.67. The molecular formula is C13H15Cl2NO3. The lowest BCUT2D eigenvalue weighted by Gasteiger charge is -2.36. The molecule has 1 aliphatic heterocycles. The standard InChI is InChI=1S/C13H15Cl2NO3/c14-10-3-1-4-11(15)9(10)7-16-6-2-5-13(19,8-16)12(17)18/h1,3-4,19H,2,5-8H2,(H,17,18). The number of aliphatic hydroxyl groups is 1. The zero-order chi connectivity index (χ0) is 14.0. The number of β-amino-alcohol motifs (C(OH)–C–C–N with tert-alkyl or cyclic N) is 1. The average Bonchev–Trinajstić information content (AvgIpc) is 2.34. The van der Waals surface area contributed by atoms with Gasteiger partial charge in [-0.25, -0.2) is 4.79 Å². The van der Waals surface area contributed by atoms with Gasteiger partial charge in [0.15, 0.2) is 5.60 Å². The van der Waals surface area contributed by atoms with Crippen LogP contribution in [-0.2, 0) is 11.3 Å². The van der Waals surface area contributed by atoms with Crippen LogP contribution in [0.5, 0.6) is 0 Å². The van der Waals surface area contributed by atoms with E-state index in [1.165, 1.54) is 0 Å². The fraction of sp³-hybridized carbons (Fsp3) is 0.462. The third-order valence-corrected chi connectivity index (χ3v) is 4.10. The first-order valence-corrected chi connectivity index (χ1v) is 6.79. The molecule has 1 fully saturated rings. The number of carboxylic acid groups (broad SMARTS) is 1. The summed E-state index contributed by atoms with van der Waals surface area (Å²) in [4.78, 5) is 12.9. The molecule has 2 rings (SSSR count). The maximum atomic E-state index is 11.1. The van der Waals surface area contributed by atoms with E-state index in [0.29, 0.717) is 23.0 Å². The molecule has 1 aromatic carbocycles. The van der Waals surface area contributed by atoms with Crippen molar-refractivity contribution >= 4 is 29.2 Å². The van der Waals surface area contributed by atoms with Crippen LogP contribution in [0.25, 0.3) is 0 Å². The Kier molecular flexibility index (Phi) is 4.36. The zero-order valence-electron chi connectivity index (χ0n) is 10.3. The molecule has 0 saturated carbocycles. The van der Waals surface area contributed by atoms with Gasteiger partial charge in [-0.1, -0.05) is 29.3 Å². The topological polar surface area (TPSA) is 60.8 Å². The van der Waals surface area contributed by atoms with Crippen LogP contribution in [0.3, 0.4) is 0 Å². The molecule has 19 heavy (non-hydrogen) atoms. The third kappa shape index (κ3) is 3.20. The first-order valence-electron chi connectivity index (χ1n) is 6.03. The first kappa shape index (κ1) is 14.6. The Labute approximate surface area is 121 Å². The molecule has 1 atom stereocenters. The summed E-state index contributed by atoms with van der Waals surface area (Å²) in [5.74, 6) is -1.18. The molecule has 0 bridgehead atoms. The molecule has 2 N–H and O–H groups in total. The minimum atomic E-state index is -1.67. The summed E-state index contributed by atoms with van der Waals surface area (Å²) in [6.45, 7) is 1.25. The Morgan fingerprint density at radius 2 is 2.00 bits per heavy atom. The number of hydrogen-bond acceptors (Lipinski definition) is 3. The molecule has 1 aromatic rings. The summed E-state index contributed by atoms with van der Waals surface area (Å²) in [5.41, 5.74) is -0.910. The van der Waals surface area contributed by atoms with Gasteiger partial charge in [0, 0.05) is 28.7 Å². The number of aliphatic carboxylic acids is 1. The number of carboxylic acids is 1. The molecule has 0 aliphatic carbocycles. The number of carbonyl (C=O) groups is 1. The quantitative estimate of drug-likeness (QED) is 0.900. The first-order chi connectivity index (χ1) is 8.92. The van der Waals surface area contributed by atoms with Crippen molar-refractivity contribution in [2.24, 2.45) is 0 Å². The summed E-state index contributed by atoms with van der Waals surface area (Å²) in [5, 5.41) is 20.2. The SMILES string of the molecule is O=C(O)C1(O)CCCN(Cc2c(Cl)cccc2Cl)C1. The molecule has 0 radical (unpaired) electrons. The van der Waals surface area contributed by atoms with E-state index in [0.717, 1.165) is 12.1 Å². The largest absolute Gasteiger partial charge is 0.479 e. The molecule has 4 nitrogen and oxygen atoms in total. The number of hydrogen-bond donors (Lipinski definition) is 2. The van der Waals surface area contributed by atoms with Crippen LogP contribution in [0.15, 0.2) is 18.2 Å². The van der Waals surface area contributed by atoms with Crippen molar-refractivity contribution in [1.82, 2.24) is 4.90 Å². The van der Waals surface area contributed by atoms with Crippen LogP contribution in [0.4, 0.5) is 0 Å². The van der Waals surface area contributed by atoms with Gasteiger partial charge < -0.3 is 10.2 Å². The fourth-order valence-corrected chi connectivity index (χ4v) is 2.86.